The molecule has 0 aromatic heterocycles. The van der Waals surface area contributed by atoms with Gasteiger partial charge in [-0.15, -0.1) is 0 Å². The number of carbonyl (C=O) groups excluding carboxylic acids is 2. The zero-order valence-electron chi connectivity index (χ0n) is 14.2. The highest BCUT2D eigenvalue weighted by atomic mass is 35.5. The molecule has 0 bridgehead atoms. The van der Waals surface area contributed by atoms with Crippen molar-refractivity contribution in [2.24, 2.45) is 11.7 Å². The maximum atomic E-state index is 12.5. The molecule has 1 aliphatic heterocycles. The smallest absolute Gasteiger partial charge is 0.410 e. The van der Waals surface area contributed by atoms with Gasteiger partial charge in [-0.1, -0.05) is 11.6 Å². The second-order valence-electron chi connectivity index (χ2n) is 7.07. The second-order valence-corrected chi connectivity index (χ2v) is 7.51. The van der Waals surface area contributed by atoms with Crippen molar-refractivity contribution in [3.8, 4) is 0 Å². The highest BCUT2D eigenvalue weighted by Gasteiger charge is 2.34. The van der Waals surface area contributed by atoms with Gasteiger partial charge in [0.25, 0.3) is 0 Å². The van der Waals surface area contributed by atoms with Crippen molar-refractivity contribution < 1.29 is 14.3 Å². The van der Waals surface area contributed by atoms with Gasteiger partial charge in [0.15, 0.2) is 0 Å². The molecule has 1 heterocycles. The Morgan fingerprint density at radius 1 is 1.25 bits per heavy atom. The van der Waals surface area contributed by atoms with Gasteiger partial charge in [0, 0.05) is 29.8 Å². The molecule has 2 atom stereocenters. The third kappa shape index (κ3) is 5.39. The summed E-state index contributed by atoms with van der Waals surface area (Å²) >= 11 is 5.84. The van der Waals surface area contributed by atoms with E-state index in [9.17, 15) is 9.59 Å². The van der Waals surface area contributed by atoms with Crippen LogP contribution in [-0.2, 0) is 9.53 Å². The lowest BCUT2D eigenvalue weighted by Crippen LogP contribution is -2.53. The highest BCUT2D eigenvalue weighted by molar-refractivity contribution is 6.30. The van der Waals surface area contributed by atoms with Crippen LogP contribution in [-0.4, -0.2) is 41.6 Å². The van der Waals surface area contributed by atoms with Gasteiger partial charge in [0.05, 0.1) is 5.92 Å². The van der Waals surface area contributed by atoms with Crippen LogP contribution in [0.5, 0.6) is 0 Å². The molecule has 1 aromatic rings. The molecule has 7 heteroatoms. The summed E-state index contributed by atoms with van der Waals surface area (Å²) in [6.45, 7) is 6.10. The first kappa shape index (κ1) is 18.5. The summed E-state index contributed by atoms with van der Waals surface area (Å²) in [5.41, 5.74) is 6.10. The number of hydrogen-bond acceptors (Lipinski definition) is 4. The van der Waals surface area contributed by atoms with E-state index in [0.29, 0.717) is 30.2 Å². The minimum atomic E-state index is -0.584. The highest BCUT2D eigenvalue weighted by Crippen LogP contribution is 2.21. The average Bonchev–Trinajstić information content (AvgIpc) is 2.47. The first-order chi connectivity index (χ1) is 11.1. The molecule has 0 spiro atoms. The number of halogens is 1. The van der Waals surface area contributed by atoms with Gasteiger partial charge < -0.3 is 20.7 Å². The first-order valence-electron chi connectivity index (χ1n) is 7.94. The van der Waals surface area contributed by atoms with Crippen molar-refractivity contribution in [1.82, 2.24) is 4.90 Å². The van der Waals surface area contributed by atoms with Crippen LogP contribution in [0.1, 0.15) is 27.2 Å². The lowest BCUT2D eigenvalue weighted by atomic mass is 9.94. The predicted octanol–water partition coefficient (Wildman–Crippen LogP) is 2.86. The van der Waals surface area contributed by atoms with Crippen molar-refractivity contribution in [3.63, 3.8) is 0 Å². The Labute approximate surface area is 147 Å². The van der Waals surface area contributed by atoms with Crippen LogP contribution in [0, 0.1) is 5.92 Å². The maximum Gasteiger partial charge on any atom is 0.410 e. The van der Waals surface area contributed by atoms with E-state index in [1.807, 2.05) is 0 Å². The van der Waals surface area contributed by atoms with E-state index in [0.717, 1.165) is 0 Å². The van der Waals surface area contributed by atoms with E-state index in [-0.39, 0.29) is 17.9 Å². The fraction of sp³-hybridized carbons (Fsp3) is 0.529. The lowest BCUT2D eigenvalue weighted by Gasteiger charge is -2.36. The number of piperidine rings is 1. The van der Waals surface area contributed by atoms with E-state index in [2.05, 4.69) is 5.32 Å². The summed E-state index contributed by atoms with van der Waals surface area (Å²) in [7, 11) is 0. The molecule has 2 unspecified atom stereocenters. The van der Waals surface area contributed by atoms with Crippen molar-refractivity contribution in [1.29, 1.82) is 0 Å². The fourth-order valence-electron chi connectivity index (χ4n) is 2.58. The summed E-state index contributed by atoms with van der Waals surface area (Å²) in [5, 5.41) is 3.44. The Morgan fingerprint density at radius 2 is 1.88 bits per heavy atom. The quantitative estimate of drug-likeness (QED) is 0.856. The summed E-state index contributed by atoms with van der Waals surface area (Å²) in [6, 6.07) is 6.61. The van der Waals surface area contributed by atoms with Crippen LogP contribution in [0.4, 0.5) is 10.5 Å². The molecule has 2 rings (SSSR count). The minimum Gasteiger partial charge on any atom is -0.444 e. The molecule has 1 aliphatic rings. The van der Waals surface area contributed by atoms with Gasteiger partial charge in [0.1, 0.15) is 5.60 Å². The molecule has 24 heavy (non-hydrogen) atoms. The number of nitrogens with one attached hydrogen (secondary N) is 1. The maximum absolute atomic E-state index is 12.5. The standard InChI is InChI=1S/C17H24ClN3O3/c1-17(2,3)24-16(23)21-9-11(8-13(19)10-21)15(22)20-14-6-4-12(18)5-7-14/h4-7,11,13H,8-10,19H2,1-3H3,(H,20,22). The molecule has 1 fully saturated rings. The number of hydrogen-bond donors (Lipinski definition) is 2. The van der Waals surface area contributed by atoms with E-state index >= 15 is 0 Å². The molecule has 1 aromatic carbocycles. The Hall–Kier alpha value is -1.79. The topological polar surface area (TPSA) is 84.7 Å². The molecule has 0 saturated carbocycles. The third-order valence-corrected chi connectivity index (χ3v) is 3.87. The molecule has 0 radical (unpaired) electrons. The third-order valence-electron chi connectivity index (χ3n) is 3.62. The van der Waals surface area contributed by atoms with Gasteiger partial charge in [-0.05, 0) is 51.5 Å². The van der Waals surface area contributed by atoms with Crippen LogP contribution in [0.3, 0.4) is 0 Å². The normalized spacial score (nSPS) is 21.3. The SMILES string of the molecule is CC(C)(C)OC(=O)N1CC(N)CC(C(=O)Nc2ccc(Cl)cc2)C1. The number of nitrogens with two attached hydrogens (primary N) is 1. The van der Waals surface area contributed by atoms with E-state index in [1.54, 1.807) is 45.0 Å². The van der Waals surface area contributed by atoms with E-state index in [1.165, 1.54) is 4.90 Å². The number of likely N-dealkylation sites (tertiary alicyclic amines) is 1. The molecule has 2 amide bonds. The van der Waals surface area contributed by atoms with Gasteiger partial charge in [-0.2, -0.15) is 0 Å². The van der Waals surface area contributed by atoms with Crippen LogP contribution in [0.2, 0.25) is 5.02 Å². The number of anilines is 1. The molecule has 1 saturated heterocycles. The zero-order valence-corrected chi connectivity index (χ0v) is 15.0. The van der Waals surface area contributed by atoms with Crippen molar-refractivity contribution >= 4 is 29.3 Å². The van der Waals surface area contributed by atoms with Crippen LogP contribution in [0.25, 0.3) is 0 Å². The summed E-state index contributed by atoms with van der Waals surface area (Å²) in [5.74, 6) is -0.544. The van der Waals surface area contributed by atoms with Crippen molar-refractivity contribution in [3.05, 3.63) is 29.3 Å². The molecule has 132 valence electrons. The summed E-state index contributed by atoms with van der Waals surface area (Å²) in [6.07, 6.45) is 0.0839. The molecule has 0 aliphatic carbocycles. The summed E-state index contributed by atoms with van der Waals surface area (Å²) in [4.78, 5) is 26.2. The molecule has 6 nitrogen and oxygen atoms in total. The lowest BCUT2D eigenvalue weighted by molar-refractivity contribution is -0.121. The van der Waals surface area contributed by atoms with Gasteiger partial charge >= 0.3 is 6.09 Å². The van der Waals surface area contributed by atoms with Gasteiger partial charge in [-0.3, -0.25) is 4.79 Å². The number of rotatable bonds is 2. The first-order valence-corrected chi connectivity index (χ1v) is 8.32. The Balaban J connectivity index is 2.00. The number of carbonyl (C=O) groups is 2. The Bertz CT molecular complexity index is 598. The second kappa shape index (κ2) is 7.40. The van der Waals surface area contributed by atoms with Gasteiger partial charge in [-0.25, -0.2) is 4.79 Å². The number of nitrogens with zero attached hydrogens (tertiary/aromatic N) is 1. The largest absolute Gasteiger partial charge is 0.444 e. The minimum absolute atomic E-state index is 0.166. The number of benzene rings is 1. The monoisotopic (exact) mass is 353 g/mol. The number of ether oxygens (including phenoxy) is 1. The summed E-state index contributed by atoms with van der Waals surface area (Å²) < 4.78 is 5.37. The Morgan fingerprint density at radius 3 is 2.46 bits per heavy atom. The Kier molecular flexibility index (Phi) is 5.72. The predicted molar refractivity (Wildman–Crippen MR) is 94.0 cm³/mol. The van der Waals surface area contributed by atoms with Crippen LogP contribution < -0.4 is 11.1 Å². The fourth-order valence-corrected chi connectivity index (χ4v) is 2.71. The molecule has 3 N–H and O–H groups in total. The van der Waals surface area contributed by atoms with E-state index < -0.39 is 11.7 Å². The van der Waals surface area contributed by atoms with Crippen LogP contribution in [0.15, 0.2) is 24.3 Å². The molecular formula is C17H24ClN3O3. The average molecular weight is 354 g/mol. The number of amides is 2. The van der Waals surface area contributed by atoms with Crippen LogP contribution >= 0.6 is 11.6 Å². The van der Waals surface area contributed by atoms with Crippen molar-refractivity contribution in [2.45, 2.75) is 38.8 Å². The zero-order chi connectivity index (χ0) is 17.9. The van der Waals surface area contributed by atoms with Crippen molar-refractivity contribution in [2.75, 3.05) is 18.4 Å². The van der Waals surface area contributed by atoms with Gasteiger partial charge in [0.2, 0.25) is 5.91 Å². The molecular weight excluding hydrogens is 330 g/mol. The van der Waals surface area contributed by atoms with E-state index in [4.69, 9.17) is 22.1 Å².